The first-order chi connectivity index (χ1) is 12.0. The molecule has 134 valence electrons. The van der Waals surface area contributed by atoms with Crippen LogP contribution in [0.1, 0.15) is 76.8 Å². The quantitative estimate of drug-likeness (QED) is 0.489. The van der Waals surface area contributed by atoms with E-state index in [1.807, 2.05) is 0 Å². The lowest BCUT2D eigenvalue weighted by molar-refractivity contribution is 0.562. The summed E-state index contributed by atoms with van der Waals surface area (Å²) in [4.78, 5) is 0. The van der Waals surface area contributed by atoms with E-state index in [0.29, 0.717) is 5.92 Å². The smallest absolute Gasteiger partial charge is 0.0425 e. The Hall–Kier alpha value is -2.02. The molecule has 1 aromatic carbocycles. The predicted octanol–water partition coefficient (Wildman–Crippen LogP) is 7.61. The van der Waals surface area contributed by atoms with Crippen LogP contribution in [0.3, 0.4) is 0 Å². The second-order valence-corrected chi connectivity index (χ2v) is 7.34. The Bertz CT molecular complexity index is 697. The third-order valence-electron chi connectivity index (χ3n) is 4.97. The zero-order valence-corrected chi connectivity index (χ0v) is 16.4. The molecule has 1 aliphatic rings. The van der Waals surface area contributed by atoms with E-state index in [-0.39, 0.29) is 0 Å². The van der Waals surface area contributed by atoms with E-state index >= 15 is 0 Å². The summed E-state index contributed by atoms with van der Waals surface area (Å²) in [7, 11) is 0. The maximum Gasteiger partial charge on any atom is 0.0425 e. The average Bonchev–Trinajstić information content (AvgIpc) is 3.01. The molecule has 25 heavy (non-hydrogen) atoms. The van der Waals surface area contributed by atoms with Crippen molar-refractivity contribution in [1.82, 2.24) is 0 Å². The molecule has 0 aromatic heterocycles. The third-order valence-corrected chi connectivity index (χ3v) is 4.97. The monoisotopic (exact) mass is 335 g/mol. The van der Waals surface area contributed by atoms with Crippen LogP contribution in [0, 0.1) is 0 Å². The molecule has 0 saturated heterocycles. The Kier molecular flexibility index (Phi) is 6.87. The molecule has 2 rings (SSSR count). The van der Waals surface area contributed by atoms with Gasteiger partial charge in [-0.05, 0) is 61.8 Å². The number of anilines is 1. The second kappa shape index (κ2) is 8.89. The van der Waals surface area contributed by atoms with Crippen LogP contribution in [-0.4, -0.2) is 0 Å². The molecule has 0 spiro atoms. The lowest BCUT2D eigenvalue weighted by Gasteiger charge is -2.23. The highest BCUT2D eigenvalue weighted by molar-refractivity contribution is 5.70. The lowest BCUT2D eigenvalue weighted by atomic mass is 9.88. The maximum atomic E-state index is 4.30. The summed E-state index contributed by atoms with van der Waals surface area (Å²) in [5.74, 6) is 0.599. The SMILES string of the molecule is C=C(Nc1cc(C(=C)C)ccc1C(CCC)CCC)C1=CC=C(C)C1. The van der Waals surface area contributed by atoms with Gasteiger partial charge in [-0.3, -0.25) is 0 Å². The lowest BCUT2D eigenvalue weighted by Crippen LogP contribution is -2.07. The van der Waals surface area contributed by atoms with Gasteiger partial charge in [0.05, 0.1) is 0 Å². The first-order valence-corrected chi connectivity index (χ1v) is 9.58. The Morgan fingerprint density at radius 1 is 1.12 bits per heavy atom. The number of hydrogen-bond acceptors (Lipinski definition) is 1. The van der Waals surface area contributed by atoms with Crippen molar-refractivity contribution in [2.75, 3.05) is 5.32 Å². The maximum absolute atomic E-state index is 4.30. The molecule has 1 N–H and O–H groups in total. The summed E-state index contributed by atoms with van der Waals surface area (Å²) < 4.78 is 0. The number of nitrogens with one attached hydrogen (secondary N) is 1. The first-order valence-electron chi connectivity index (χ1n) is 9.58. The summed E-state index contributed by atoms with van der Waals surface area (Å²) in [5.41, 5.74) is 8.59. The minimum Gasteiger partial charge on any atom is -0.356 e. The fourth-order valence-electron chi connectivity index (χ4n) is 3.55. The van der Waals surface area contributed by atoms with E-state index in [2.05, 4.69) is 76.5 Å². The van der Waals surface area contributed by atoms with Crippen molar-refractivity contribution in [3.8, 4) is 0 Å². The van der Waals surface area contributed by atoms with Gasteiger partial charge in [0.2, 0.25) is 0 Å². The molecule has 0 unspecified atom stereocenters. The molecule has 0 fully saturated rings. The molecule has 0 atom stereocenters. The largest absolute Gasteiger partial charge is 0.356 e. The molecule has 0 amide bonds. The molecular formula is C24H33N. The molecular weight excluding hydrogens is 302 g/mol. The number of hydrogen-bond donors (Lipinski definition) is 1. The van der Waals surface area contributed by atoms with Crippen LogP contribution in [0.5, 0.6) is 0 Å². The number of rotatable bonds is 9. The van der Waals surface area contributed by atoms with E-state index < -0.39 is 0 Å². The summed E-state index contributed by atoms with van der Waals surface area (Å²) in [5, 5.41) is 3.63. The summed E-state index contributed by atoms with van der Waals surface area (Å²) in [6.45, 7) is 17.2. The van der Waals surface area contributed by atoms with Gasteiger partial charge in [0.1, 0.15) is 0 Å². The van der Waals surface area contributed by atoms with Gasteiger partial charge >= 0.3 is 0 Å². The van der Waals surface area contributed by atoms with Gasteiger partial charge in [-0.2, -0.15) is 0 Å². The van der Waals surface area contributed by atoms with Crippen LogP contribution < -0.4 is 5.32 Å². The highest BCUT2D eigenvalue weighted by Crippen LogP contribution is 2.35. The minimum absolute atomic E-state index is 0.599. The van der Waals surface area contributed by atoms with Crippen molar-refractivity contribution >= 4 is 11.3 Å². The van der Waals surface area contributed by atoms with Crippen molar-refractivity contribution in [2.45, 2.75) is 65.7 Å². The van der Waals surface area contributed by atoms with Crippen molar-refractivity contribution < 1.29 is 0 Å². The summed E-state index contributed by atoms with van der Waals surface area (Å²) in [6, 6.07) is 6.75. The van der Waals surface area contributed by atoms with E-state index in [4.69, 9.17) is 0 Å². The van der Waals surface area contributed by atoms with Crippen LogP contribution >= 0.6 is 0 Å². The first kappa shape index (κ1) is 19.3. The Morgan fingerprint density at radius 3 is 2.32 bits per heavy atom. The molecule has 0 radical (unpaired) electrons. The highest BCUT2D eigenvalue weighted by Gasteiger charge is 2.17. The Labute approximate surface area is 154 Å². The second-order valence-electron chi connectivity index (χ2n) is 7.34. The van der Waals surface area contributed by atoms with Crippen molar-refractivity contribution in [2.24, 2.45) is 0 Å². The number of benzene rings is 1. The van der Waals surface area contributed by atoms with Gasteiger partial charge in [-0.25, -0.2) is 0 Å². The molecule has 1 aromatic rings. The predicted molar refractivity (Wildman–Crippen MR) is 113 cm³/mol. The summed E-state index contributed by atoms with van der Waals surface area (Å²) >= 11 is 0. The molecule has 0 bridgehead atoms. The summed E-state index contributed by atoms with van der Waals surface area (Å²) in [6.07, 6.45) is 10.2. The van der Waals surface area contributed by atoms with Gasteiger partial charge in [0, 0.05) is 11.4 Å². The van der Waals surface area contributed by atoms with E-state index in [0.717, 1.165) is 17.7 Å². The zero-order valence-electron chi connectivity index (χ0n) is 16.4. The Balaban J connectivity index is 2.33. The van der Waals surface area contributed by atoms with E-state index in [1.165, 1.54) is 53.6 Å². The third kappa shape index (κ3) is 4.98. The van der Waals surface area contributed by atoms with Crippen LogP contribution in [0.2, 0.25) is 0 Å². The van der Waals surface area contributed by atoms with Gasteiger partial charge < -0.3 is 5.32 Å². The van der Waals surface area contributed by atoms with Crippen molar-refractivity contribution in [3.05, 3.63) is 71.5 Å². The molecule has 0 aliphatic heterocycles. The van der Waals surface area contributed by atoms with Gasteiger partial charge in [0.25, 0.3) is 0 Å². The molecule has 1 heteroatoms. The van der Waals surface area contributed by atoms with Gasteiger partial charge in [-0.15, -0.1) is 0 Å². The normalized spacial score (nSPS) is 13.6. The van der Waals surface area contributed by atoms with Crippen molar-refractivity contribution in [1.29, 1.82) is 0 Å². The standard InChI is InChI=1S/C24H33N/c1-7-9-20(10-8-2)23-14-13-21(17(3)4)16-24(23)25-19(6)22-12-11-18(5)15-22/h11-14,16,20,25H,3,6-10,15H2,1-2,4-5H3. The van der Waals surface area contributed by atoms with Gasteiger partial charge in [0.15, 0.2) is 0 Å². The topological polar surface area (TPSA) is 12.0 Å². The van der Waals surface area contributed by atoms with Crippen LogP contribution in [0.25, 0.3) is 5.57 Å². The molecule has 0 heterocycles. The average molecular weight is 336 g/mol. The Morgan fingerprint density at radius 2 is 1.80 bits per heavy atom. The van der Waals surface area contributed by atoms with Crippen LogP contribution in [0.4, 0.5) is 5.69 Å². The van der Waals surface area contributed by atoms with Gasteiger partial charge in [-0.1, -0.05) is 75.3 Å². The fourth-order valence-corrected chi connectivity index (χ4v) is 3.55. The fraction of sp³-hybridized carbons (Fsp3) is 0.417. The molecule has 0 saturated carbocycles. The van der Waals surface area contributed by atoms with E-state index in [9.17, 15) is 0 Å². The van der Waals surface area contributed by atoms with Crippen LogP contribution in [-0.2, 0) is 0 Å². The minimum atomic E-state index is 0.599. The zero-order chi connectivity index (χ0) is 18.4. The van der Waals surface area contributed by atoms with Crippen LogP contribution in [0.15, 0.2) is 60.4 Å². The molecule has 1 aliphatic carbocycles. The molecule has 1 nitrogen and oxygen atoms in total. The van der Waals surface area contributed by atoms with E-state index in [1.54, 1.807) is 0 Å². The van der Waals surface area contributed by atoms with Crippen molar-refractivity contribution in [3.63, 3.8) is 0 Å². The highest BCUT2D eigenvalue weighted by atomic mass is 14.9. The number of allylic oxidation sites excluding steroid dienone is 5.